The van der Waals surface area contributed by atoms with Crippen molar-refractivity contribution in [1.29, 1.82) is 0 Å². The Kier molecular flexibility index (Phi) is 4.93. The Morgan fingerprint density at radius 3 is 3.00 bits per heavy atom. The highest BCUT2D eigenvalue weighted by Crippen LogP contribution is 2.21. The van der Waals surface area contributed by atoms with E-state index in [2.05, 4.69) is 29.6 Å². The molecule has 1 heterocycles. The van der Waals surface area contributed by atoms with Crippen molar-refractivity contribution in [3.63, 3.8) is 0 Å². The van der Waals surface area contributed by atoms with Gasteiger partial charge in [-0.15, -0.1) is 11.3 Å². The summed E-state index contributed by atoms with van der Waals surface area (Å²) >= 11 is 1.75. The van der Waals surface area contributed by atoms with Crippen molar-refractivity contribution >= 4 is 27.3 Å². The van der Waals surface area contributed by atoms with Crippen LogP contribution in [0.4, 0.5) is 0 Å². The van der Waals surface area contributed by atoms with Crippen molar-refractivity contribution in [2.45, 2.75) is 13.3 Å². The maximum absolute atomic E-state index is 11.5. The Hall–Kier alpha value is -1.39. The second kappa shape index (κ2) is 6.68. The maximum Gasteiger partial charge on any atom is 0.248 e. The molecule has 0 unspecified atom stereocenters. The van der Waals surface area contributed by atoms with Gasteiger partial charge in [0.05, 0.1) is 6.61 Å². The summed E-state index contributed by atoms with van der Waals surface area (Å²) in [5, 5.41) is 3.38. The van der Waals surface area contributed by atoms with Gasteiger partial charge in [0, 0.05) is 18.3 Å². The van der Waals surface area contributed by atoms with Crippen molar-refractivity contribution in [2.24, 2.45) is 0 Å². The second-order valence-electron chi connectivity index (χ2n) is 4.50. The molecule has 0 spiro atoms. The number of thiophene rings is 1. The highest BCUT2D eigenvalue weighted by molar-refractivity contribution is 7.17. The van der Waals surface area contributed by atoms with Gasteiger partial charge < -0.3 is 9.64 Å². The van der Waals surface area contributed by atoms with Crippen LogP contribution in [0.25, 0.3) is 10.1 Å². The summed E-state index contributed by atoms with van der Waals surface area (Å²) in [5.74, 6) is 0.0378. The van der Waals surface area contributed by atoms with Crippen molar-refractivity contribution < 1.29 is 9.53 Å². The van der Waals surface area contributed by atoms with Gasteiger partial charge in [-0.2, -0.15) is 0 Å². The van der Waals surface area contributed by atoms with Crippen molar-refractivity contribution in [1.82, 2.24) is 4.90 Å². The minimum absolute atomic E-state index is 0.0378. The van der Waals surface area contributed by atoms with E-state index in [1.54, 1.807) is 23.3 Å². The predicted octanol–water partition coefficient (Wildman–Crippen LogP) is 2.94. The summed E-state index contributed by atoms with van der Waals surface area (Å²) in [4.78, 5) is 13.2. The lowest BCUT2D eigenvalue weighted by Gasteiger charge is -2.14. The lowest BCUT2D eigenvalue weighted by Crippen LogP contribution is -2.30. The van der Waals surface area contributed by atoms with Crippen LogP contribution in [0.2, 0.25) is 0 Å². The molecule has 0 atom stereocenters. The van der Waals surface area contributed by atoms with Crippen LogP contribution in [-0.4, -0.2) is 37.6 Å². The number of carbonyl (C=O) groups is 1. The molecule has 0 radical (unpaired) electrons. The van der Waals surface area contributed by atoms with E-state index in [0.29, 0.717) is 6.61 Å². The SMILES string of the molecule is CCN(C)C(=O)COCCc1ccc2sccc2c1. The normalized spacial score (nSPS) is 10.8. The highest BCUT2D eigenvalue weighted by Gasteiger charge is 2.06. The fraction of sp³-hybridized carbons (Fsp3) is 0.400. The zero-order chi connectivity index (χ0) is 13.7. The number of rotatable bonds is 6. The van der Waals surface area contributed by atoms with Crippen LogP contribution >= 0.6 is 11.3 Å². The number of ether oxygens (including phenoxy) is 1. The Balaban J connectivity index is 1.78. The van der Waals surface area contributed by atoms with Crippen LogP contribution in [0.5, 0.6) is 0 Å². The standard InChI is InChI=1S/C15H19NO2S/c1-3-16(2)15(17)11-18-8-6-12-4-5-14-13(10-12)7-9-19-14/h4-5,7,9-10H,3,6,8,11H2,1-2H3. The van der Waals surface area contributed by atoms with E-state index in [-0.39, 0.29) is 12.5 Å². The Labute approximate surface area is 117 Å². The van der Waals surface area contributed by atoms with E-state index in [1.807, 2.05) is 6.92 Å². The zero-order valence-corrected chi connectivity index (χ0v) is 12.2. The summed E-state index contributed by atoms with van der Waals surface area (Å²) in [6, 6.07) is 8.59. The average molecular weight is 277 g/mol. The van der Waals surface area contributed by atoms with Gasteiger partial charge in [0.1, 0.15) is 6.61 Å². The third-order valence-corrected chi connectivity index (χ3v) is 4.08. The predicted molar refractivity (Wildman–Crippen MR) is 79.7 cm³/mol. The average Bonchev–Trinajstić information content (AvgIpc) is 2.89. The number of carbonyl (C=O) groups excluding carboxylic acids is 1. The number of benzene rings is 1. The number of nitrogens with zero attached hydrogens (tertiary/aromatic N) is 1. The summed E-state index contributed by atoms with van der Waals surface area (Å²) in [6.45, 7) is 3.43. The van der Waals surface area contributed by atoms with Crippen molar-refractivity contribution in [3.05, 3.63) is 35.2 Å². The van der Waals surface area contributed by atoms with E-state index >= 15 is 0 Å². The number of fused-ring (bicyclic) bond motifs is 1. The molecule has 3 nitrogen and oxygen atoms in total. The first kappa shape index (κ1) is 14.0. The maximum atomic E-state index is 11.5. The molecule has 0 aliphatic heterocycles. The molecule has 0 N–H and O–H groups in total. The van der Waals surface area contributed by atoms with Gasteiger partial charge in [-0.25, -0.2) is 0 Å². The first-order valence-electron chi connectivity index (χ1n) is 6.48. The molecule has 19 heavy (non-hydrogen) atoms. The van der Waals surface area contributed by atoms with Crippen LogP contribution in [0, 0.1) is 0 Å². The van der Waals surface area contributed by atoms with Gasteiger partial charge in [-0.3, -0.25) is 4.79 Å². The van der Waals surface area contributed by atoms with E-state index in [0.717, 1.165) is 13.0 Å². The van der Waals surface area contributed by atoms with Gasteiger partial charge in [0.15, 0.2) is 0 Å². The number of hydrogen-bond donors (Lipinski definition) is 0. The summed E-state index contributed by atoms with van der Waals surface area (Å²) in [7, 11) is 1.79. The molecular weight excluding hydrogens is 258 g/mol. The smallest absolute Gasteiger partial charge is 0.248 e. The summed E-state index contributed by atoms with van der Waals surface area (Å²) in [6.07, 6.45) is 0.842. The molecule has 0 saturated heterocycles. The number of hydrogen-bond acceptors (Lipinski definition) is 3. The third kappa shape index (κ3) is 3.78. The highest BCUT2D eigenvalue weighted by atomic mass is 32.1. The van der Waals surface area contributed by atoms with E-state index in [9.17, 15) is 4.79 Å². The molecule has 4 heteroatoms. The molecule has 2 aromatic rings. The molecule has 102 valence electrons. The minimum Gasteiger partial charge on any atom is -0.371 e. The first-order valence-corrected chi connectivity index (χ1v) is 7.36. The van der Waals surface area contributed by atoms with E-state index < -0.39 is 0 Å². The molecule has 1 aromatic carbocycles. The van der Waals surface area contributed by atoms with Crippen LogP contribution in [0.3, 0.4) is 0 Å². The lowest BCUT2D eigenvalue weighted by atomic mass is 10.1. The van der Waals surface area contributed by atoms with Gasteiger partial charge in [0.2, 0.25) is 5.91 Å². The summed E-state index contributed by atoms with van der Waals surface area (Å²) < 4.78 is 6.74. The zero-order valence-electron chi connectivity index (χ0n) is 11.4. The Morgan fingerprint density at radius 2 is 2.21 bits per heavy atom. The molecule has 0 aliphatic rings. The summed E-state index contributed by atoms with van der Waals surface area (Å²) in [5.41, 5.74) is 1.25. The molecule has 0 fully saturated rings. The Morgan fingerprint density at radius 1 is 1.37 bits per heavy atom. The van der Waals surface area contributed by atoms with E-state index in [1.165, 1.54) is 15.6 Å². The molecule has 2 rings (SSSR count). The second-order valence-corrected chi connectivity index (χ2v) is 5.45. The fourth-order valence-electron chi connectivity index (χ4n) is 1.81. The minimum atomic E-state index is 0.0378. The van der Waals surface area contributed by atoms with Gasteiger partial charge >= 0.3 is 0 Å². The fourth-order valence-corrected chi connectivity index (χ4v) is 2.58. The van der Waals surface area contributed by atoms with Gasteiger partial charge in [-0.05, 0) is 41.8 Å². The third-order valence-electron chi connectivity index (χ3n) is 3.18. The lowest BCUT2D eigenvalue weighted by molar-refractivity contribution is -0.134. The molecule has 0 bridgehead atoms. The van der Waals surface area contributed by atoms with Crippen LogP contribution in [0.15, 0.2) is 29.6 Å². The Bertz CT molecular complexity index is 550. The van der Waals surface area contributed by atoms with Crippen molar-refractivity contribution in [3.8, 4) is 0 Å². The topological polar surface area (TPSA) is 29.5 Å². The molecule has 1 aromatic heterocycles. The van der Waals surface area contributed by atoms with Gasteiger partial charge in [0.25, 0.3) is 0 Å². The number of amides is 1. The quantitative estimate of drug-likeness (QED) is 0.760. The monoisotopic (exact) mass is 277 g/mol. The largest absolute Gasteiger partial charge is 0.371 e. The first-order chi connectivity index (χ1) is 9.20. The van der Waals surface area contributed by atoms with Crippen LogP contribution in [-0.2, 0) is 16.0 Å². The van der Waals surface area contributed by atoms with E-state index in [4.69, 9.17) is 4.74 Å². The van der Waals surface area contributed by atoms with Crippen molar-refractivity contribution in [2.75, 3.05) is 26.8 Å². The number of likely N-dealkylation sites (N-methyl/N-ethyl adjacent to an activating group) is 1. The van der Waals surface area contributed by atoms with Crippen LogP contribution in [0.1, 0.15) is 12.5 Å². The molecule has 0 aliphatic carbocycles. The molecule has 1 amide bonds. The van der Waals surface area contributed by atoms with Gasteiger partial charge in [-0.1, -0.05) is 12.1 Å². The van der Waals surface area contributed by atoms with Crippen LogP contribution < -0.4 is 0 Å². The molecule has 0 saturated carbocycles. The molecular formula is C15H19NO2S.